The van der Waals surface area contributed by atoms with E-state index in [1.807, 2.05) is 6.07 Å². The molecule has 0 aliphatic heterocycles. The first-order valence-corrected chi connectivity index (χ1v) is 8.39. The molecular weight excluding hydrogens is 405 g/mol. The van der Waals surface area contributed by atoms with Gasteiger partial charge in [0, 0.05) is 10.6 Å². The third kappa shape index (κ3) is 3.54. The van der Waals surface area contributed by atoms with E-state index in [9.17, 15) is 28.5 Å². The highest BCUT2D eigenvalue weighted by Gasteiger charge is 2.31. The Balaban J connectivity index is 2.41. The number of nitrogens with zero attached hydrogens (tertiary/aromatic N) is 3. The van der Waals surface area contributed by atoms with Gasteiger partial charge in [0.2, 0.25) is 0 Å². The smallest absolute Gasteiger partial charge is 0.384 e. The average Bonchev–Trinajstić information content (AvgIpc) is 2.67. The minimum absolute atomic E-state index is 0.0248. The van der Waals surface area contributed by atoms with Crippen molar-refractivity contribution in [2.45, 2.75) is 6.18 Å². The first kappa shape index (κ1) is 20.0. The molecule has 2 aromatic carbocycles. The topological polar surface area (TPSA) is 95.6 Å². The van der Waals surface area contributed by atoms with Gasteiger partial charge in [0.25, 0.3) is 5.56 Å². The SMILES string of the molecule is N#Cc1c(-c2cccc(Cl)c2)c(C#N)c(=O)n(-c2cccc(C(F)(F)F)c2)c1N. The maximum atomic E-state index is 13.1. The van der Waals surface area contributed by atoms with E-state index in [1.165, 1.54) is 18.2 Å². The number of nitrogens with two attached hydrogens (primary N) is 1. The van der Waals surface area contributed by atoms with E-state index in [0.717, 1.165) is 22.8 Å². The van der Waals surface area contributed by atoms with Crippen molar-refractivity contribution in [3.8, 4) is 29.0 Å². The highest BCUT2D eigenvalue weighted by Crippen LogP contribution is 2.33. The Labute approximate surface area is 167 Å². The van der Waals surface area contributed by atoms with Crippen molar-refractivity contribution in [3.63, 3.8) is 0 Å². The first-order valence-electron chi connectivity index (χ1n) is 8.01. The number of hydrogen-bond acceptors (Lipinski definition) is 4. The average molecular weight is 415 g/mol. The molecule has 0 aliphatic carbocycles. The molecule has 1 aromatic heterocycles. The Morgan fingerprint density at radius 3 is 2.24 bits per heavy atom. The molecule has 0 bridgehead atoms. The number of anilines is 1. The van der Waals surface area contributed by atoms with Crippen molar-refractivity contribution in [1.82, 2.24) is 4.57 Å². The van der Waals surface area contributed by atoms with Crippen LogP contribution in [0.15, 0.2) is 53.3 Å². The molecule has 0 saturated heterocycles. The lowest BCUT2D eigenvalue weighted by Gasteiger charge is -2.17. The third-order valence-electron chi connectivity index (χ3n) is 4.18. The van der Waals surface area contributed by atoms with Crippen molar-refractivity contribution in [1.29, 1.82) is 10.5 Å². The summed E-state index contributed by atoms with van der Waals surface area (Å²) in [6, 6.07) is 13.6. The molecule has 0 atom stereocenters. The molecule has 0 fully saturated rings. The van der Waals surface area contributed by atoms with Crippen LogP contribution in [-0.4, -0.2) is 4.57 Å². The summed E-state index contributed by atoms with van der Waals surface area (Å²) in [6.07, 6.45) is -4.65. The lowest BCUT2D eigenvalue weighted by Crippen LogP contribution is -2.26. The normalized spacial score (nSPS) is 11.0. The van der Waals surface area contributed by atoms with E-state index in [-0.39, 0.29) is 22.6 Å². The van der Waals surface area contributed by atoms with Gasteiger partial charge < -0.3 is 5.73 Å². The fourth-order valence-corrected chi connectivity index (χ4v) is 3.11. The molecular formula is C20H10ClF3N4O. The molecule has 0 spiro atoms. The Hall–Kier alpha value is -3.75. The summed E-state index contributed by atoms with van der Waals surface area (Å²) >= 11 is 5.97. The van der Waals surface area contributed by atoms with E-state index in [4.69, 9.17) is 17.3 Å². The molecule has 144 valence electrons. The summed E-state index contributed by atoms with van der Waals surface area (Å²) in [7, 11) is 0. The minimum atomic E-state index is -4.65. The molecule has 3 rings (SSSR count). The first-order chi connectivity index (χ1) is 13.7. The maximum absolute atomic E-state index is 13.1. The van der Waals surface area contributed by atoms with Gasteiger partial charge in [0.1, 0.15) is 29.1 Å². The van der Waals surface area contributed by atoms with Crippen LogP contribution in [0, 0.1) is 22.7 Å². The molecule has 1 heterocycles. The Kier molecular flexibility index (Phi) is 5.06. The Bertz CT molecular complexity index is 1270. The molecule has 5 nitrogen and oxygen atoms in total. The third-order valence-corrected chi connectivity index (χ3v) is 4.42. The predicted molar refractivity (Wildman–Crippen MR) is 101 cm³/mol. The number of nitrogen functional groups attached to an aromatic ring is 1. The van der Waals surface area contributed by atoms with Crippen LogP contribution < -0.4 is 11.3 Å². The van der Waals surface area contributed by atoms with Gasteiger partial charge in [-0.2, -0.15) is 23.7 Å². The van der Waals surface area contributed by atoms with Crippen LogP contribution in [0.1, 0.15) is 16.7 Å². The zero-order chi connectivity index (χ0) is 21.3. The molecule has 3 aromatic rings. The summed E-state index contributed by atoms with van der Waals surface area (Å²) < 4.78 is 39.9. The van der Waals surface area contributed by atoms with Crippen LogP contribution in [0.4, 0.5) is 19.0 Å². The maximum Gasteiger partial charge on any atom is 0.416 e. The zero-order valence-electron chi connectivity index (χ0n) is 14.5. The summed E-state index contributed by atoms with van der Waals surface area (Å²) in [5.41, 5.74) is 3.47. The van der Waals surface area contributed by atoms with E-state index in [0.29, 0.717) is 10.6 Å². The molecule has 0 unspecified atom stereocenters. The lowest BCUT2D eigenvalue weighted by molar-refractivity contribution is -0.137. The molecule has 9 heteroatoms. The van der Waals surface area contributed by atoms with Crippen molar-refractivity contribution in [2.75, 3.05) is 5.73 Å². The van der Waals surface area contributed by atoms with Gasteiger partial charge in [-0.05, 0) is 35.9 Å². The van der Waals surface area contributed by atoms with Gasteiger partial charge in [-0.15, -0.1) is 0 Å². The summed E-state index contributed by atoms with van der Waals surface area (Å²) in [5, 5.41) is 19.5. The number of pyridine rings is 1. The highest BCUT2D eigenvalue weighted by molar-refractivity contribution is 6.30. The number of aromatic nitrogens is 1. The summed E-state index contributed by atoms with van der Waals surface area (Å²) in [6.45, 7) is 0. The van der Waals surface area contributed by atoms with Crippen LogP contribution in [-0.2, 0) is 6.18 Å². The quantitative estimate of drug-likeness (QED) is 0.667. The number of nitriles is 2. The van der Waals surface area contributed by atoms with Crippen LogP contribution in [0.2, 0.25) is 5.02 Å². The van der Waals surface area contributed by atoms with Crippen molar-refractivity contribution < 1.29 is 13.2 Å². The molecule has 29 heavy (non-hydrogen) atoms. The number of halogens is 4. The van der Waals surface area contributed by atoms with Crippen LogP contribution >= 0.6 is 11.6 Å². The van der Waals surface area contributed by atoms with Gasteiger partial charge in [-0.25, -0.2) is 0 Å². The second-order valence-electron chi connectivity index (χ2n) is 5.93. The minimum Gasteiger partial charge on any atom is -0.384 e. The van der Waals surface area contributed by atoms with Crippen LogP contribution in [0.3, 0.4) is 0 Å². The predicted octanol–water partition coefficient (Wildman–Crippen LogP) is 4.50. The van der Waals surface area contributed by atoms with E-state index >= 15 is 0 Å². The van der Waals surface area contributed by atoms with Gasteiger partial charge in [0.15, 0.2) is 0 Å². The standard InChI is InChI=1S/C20H10ClF3N4O/c21-13-5-1-3-11(7-13)17-15(9-25)18(27)28(19(29)16(17)10-26)14-6-2-4-12(8-14)20(22,23)24/h1-8H,27H2. The fraction of sp³-hybridized carbons (Fsp3) is 0.0500. The number of alkyl halides is 3. The van der Waals surface area contributed by atoms with Crippen molar-refractivity contribution in [2.24, 2.45) is 0 Å². The van der Waals surface area contributed by atoms with Crippen LogP contribution in [0.25, 0.3) is 16.8 Å². The molecule has 0 aliphatic rings. The van der Waals surface area contributed by atoms with Gasteiger partial charge in [0.05, 0.1) is 11.3 Å². The van der Waals surface area contributed by atoms with E-state index in [1.54, 1.807) is 18.2 Å². The number of benzene rings is 2. The molecule has 0 amide bonds. The molecule has 0 saturated carbocycles. The highest BCUT2D eigenvalue weighted by atomic mass is 35.5. The van der Waals surface area contributed by atoms with E-state index < -0.39 is 22.9 Å². The second kappa shape index (κ2) is 7.34. The largest absolute Gasteiger partial charge is 0.416 e. The summed E-state index contributed by atoms with van der Waals surface area (Å²) in [5.74, 6) is -0.384. The fourth-order valence-electron chi connectivity index (χ4n) is 2.92. The second-order valence-corrected chi connectivity index (χ2v) is 6.37. The molecule has 2 N–H and O–H groups in total. The van der Waals surface area contributed by atoms with Gasteiger partial charge in [-0.1, -0.05) is 29.8 Å². The Morgan fingerprint density at radius 1 is 1.00 bits per heavy atom. The summed E-state index contributed by atoms with van der Waals surface area (Å²) in [4.78, 5) is 13.0. The number of rotatable bonds is 2. The van der Waals surface area contributed by atoms with Gasteiger partial charge >= 0.3 is 6.18 Å². The molecule has 0 radical (unpaired) electrons. The monoisotopic (exact) mass is 414 g/mol. The van der Waals surface area contributed by atoms with Gasteiger partial charge in [-0.3, -0.25) is 9.36 Å². The number of hydrogen-bond donors (Lipinski definition) is 1. The van der Waals surface area contributed by atoms with Crippen LogP contribution in [0.5, 0.6) is 0 Å². The van der Waals surface area contributed by atoms with E-state index in [2.05, 4.69) is 0 Å². The zero-order valence-corrected chi connectivity index (χ0v) is 15.2. The lowest BCUT2D eigenvalue weighted by atomic mass is 9.96. The van der Waals surface area contributed by atoms with Crippen molar-refractivity contribution >= 4 is 17.4 Å². The van der Waals surface area contributed by atoms with Crippen molar-refractivity contribution in [3.05, 3.63) is 80.6 Å². The Morgan fingerprint density at radius 2 is 1.66 bits per heavy atom.